The van der Waals surface area contributed by atoms with Gasteiger partial charge in [0.15, 0.2) is 0 Å². The molecular formula is C12H10N2O2. The molecule has 2 N–H and O–H groups in total. The first kappa shape index (κ1) is 10.2. The maximum Gasteiger partial charge on any atom is 0.255 e. The Morgan fingerprint density at radius 1 is 1.00 bits per heavy atom. The third-order valence-electron chi connectivity index (χ3n) is 2.08. The first-order chi connectivity index (χ1) is 7.75. The van der Waals surface area contributed by atoms with Crippen LogP contribution in [0.5, 0.6) is 0 Å². The summed E-state index contributed by atoms with van der Waals surface area (Å²) in [6.07, 6.45) is 4.92. The lowest BCUT2D eigenvalue weighted by atomic mass is 10.2. The van der Waals surface area contributed by atoms with E-state index in [1.54, 1.807) is 42.6 Å². The maximum atomic E-state index is 11.3. The molecule has 4 heteroatoms. The zero-order valence-electron chi connectivity index (χ0n) is 8.44. The average molecular weight is 214 g/mol. The van der Waals surface area contributed by atoms with Crippen molar-refractivity contribution in [2.24, 2.45) is 0 Å². The molecule has 80 valence electrons. The van der Waals surface area contributed by atoms with Crippen LogP contribution < -0.4 is 11.1 Å². The molecule has 4 nitrogen and oxygen atoms in total. The summed E-state index contributed by atoms with van der Waals surface area (Å²) < 4.78 is 0. The number of pyridine rings is 2. The quantitative estimate of drug-likeness (QED) is 0.789. The largest absolute Gasteiger partial charge is 0.329 e. The second-order valence-corrected chi connectivity index (χ2v) is 3.26. The molecule has 2 aromatic heterocycles. The van der Waals surface area contributed by atoms with Crippen LogP contribution in [0.1, 0.15) is 11.3 Å². The zero-order valence-corrected chi connectivity index (χ0v) is 8.44. The van der Waals surface area contributed by atoms with E-state index in [1.165, 1.54) is 6.07 Å². The highest BCUT2D eigenvalue weighted by molar-refractivity contribution is 5.67. The first-order valence-electron chi connectivity index (χ1n) is 4.81. The summed E-state index contributed by atoms with van der Waals surface area (Å²) in [5, 5.41) is 0. The van der Waals surface area contributed by atoms with Crippen LogP contribution >= 0.6 is 0 Å². The maximum absolute atomic E-state index is 11.3. The topological polar surface area (TPSA) is 65.7 Å². The Labute approximate surface area is 91.3 Å². The van der Waals surface area contributed by atoms with Gasteiger partial charge in [-0.3, -0.25) is 9.59 Å². The predicted octanol–water partition coefficient (Wildman–Crippen LogP) is 1.23. The summed E-state index contributed by atoms with van der Waals surface area (Å²) >= 11 is 0. The van der Waals surface area contributed by atoms with Gasteiger partial charge in [0.25, 0.3) is 5.56 Å². The average Bonchev–Trinajstić information content (AvgIpc) is 2.28. The molecule has 0 unspecified atom stereocenters. The molecule has 0 saturated carbocycles. The highest BCUT2D eigenvalue weighted by atomic mass is 16.1. The molecule has 2 rings (SSSR count). The second-order valence-electron chi connectivity index (χ2n) is 3.26. The fourth-order valence-electron chi connectivity index (χ4n) is 1.31. The van der Waals surface area contributed by atoms with E-state index in [2.05, 4.69) is 9.97 Å². The SMILES string of the molecule is O=c1cccc(/C=C/c2ccc[nH]c2=O)[nH]1. The lowest BCUT2D eigenvalue weighted by Crippen LogP contribution is -2.07. The Balaban J connectivity index is 2.32. The van der Waals surface area contributed by atoms with Gasteiger partial charge in [-0.25, -0.2) is 0 Å². The molecule has 0 aliphatic heterocycles. The molecule has 0 aromatic carbocycles. The van der Waals surface area contributed by atoms with Crippen LogP contribution in [0.2, 0.25) is 0 Å². The number of nitrogens with one attached hydrogen (secondary N) is 2. The molecule has 0 fully saturated rings. The van der Waals surface area contributed by atoms with Crippen LogP contribution in [0.3, 0.4) is 0 Å². The van der Waals surface area contributed by atoms with E-state index >= 15 is 0 Å². The second kappa shape index (κ2) is 4.44. The van der Waals surface area contributed by atoms with E-state index in [9.17, 15) is 9.59 Å². The molecule has 0 spiro atoms. The van der Waals surface area contributed by atoms with Gasteiger partial charge in [0, 0.05) is 23.5 Å². The van der Waals surface area contributed by atoms with Gasteiger partial charge in [0.2, 0.25) is 5.56 Å². The van der Waals surface area contributed by atoms with Gasteiger partial charge in [-0.2, -0.15) is 0 Å². The minimum absolute atomic E-state index is 0.156. The molecule has 0 radical (unpaired) electrons. The number of aromatic nitrogens is 2. The lowest BCUT2D eigenvalue weighted by molar-refractivity contribution is 1.21. The molecular weight excluding hydrogens is 204 g/mol. The van der Waals surface area contributed by atoms with Gasteiger partial charge in [0.1, 0.15) is 0 Å². The summed E-state index contributed by atoms with van der Waals surface area (Å²) in [4.78, 5) is 27.6. The van der Waals surface area contributed by atoms with E-state index in [0.717, 1.165) is 0 Å². The number of hydrogen-bond donors (Lipinski definition) is 2. The monoisotopic (exact) mass is 214 g/mol. The fraction of sp³-hybridized carbons (Fsp3) is 0. The van der Waals surface area contributed by atoms with Crippen molar-refractivity contribution in [2.75, 3.05) is 0 Å². The highest BCUT2D eigenvalue weighted by Gasteiger charge is 1.92. The molecule has 0 saturated heterocycles. The van der Waals surface area contributed by atoms with Crippen molar-refractivity contribution in [3.63, 3.8) is 0 Å². The molecule has 0 atom stereocenters. The smallest absolute Gasteiger partial charge is 0.255 e. The summed E-state index contributed by atoms with van der Waals surface area (Å²) in [7, 11) is 0. The van der Waals surface area contributed by atoms with Crippen molar-refractivity contribution < 1.29 is 0 Å². The Hall–Kier alpha value is -2.36. The predicted molar refractivity (Wildman–Crippen MR) is 63.1 cm³/mol. The number of rotatable bonds is 2. The third-order valence-corrected chi connectivity index (χ3v) is 2.08. The van der Waals surface area contributed by atoms with Gasteiger partial charge in [-0.05, 0) is 30.4 Å². The molecule has 2 heterocycles. The molecule has 0 bridgehead atoms. The van der Waals surface area contributed by atoms with Crippen molar-refractivity contribution in [3.8, 4) is 0 Å². The summed E-state index contributed by atoms with van der Waals surface area (Å²) in [6, 6.07) is 8.31. The Morgan fingerprint density at radius 2 is 1.88 bits per heavy atom. The summed E-state index contributed by atoms with van der Waals surface area (Å²) in [5.74, 6) is 0. The molecule has 0 aliphatic rings. The van der Waals surface area contributed by atoms with Gasteiger partial charge in [0.05, 0.1) is 0 Å². The van der Waals surface area contributed by atoms with Crippen molar-refractivity contribution in [1.29, 1.82) is 0 Å². The minimum Gasteiger partial charge on any atom is -0.329 e. The number of H-pyrrole nitrogens is 2. The summed E-state index contributed by atoms with van der Waals surface area (Å²) in [6.45, 7) is 0. The number of hydrogen-bond acceptors (Lipinski definition) is 2. The van der Waals surface area contributed by atoms with Crippen LogP contribution in [0.25, 0.3) is 12.2 Å². The van der Waals surface area contributed by atoms with E-state index in [0.29, 0.717) is 11.3 Å². The van der Waals surface area contributed by atoms with E-state index in [4.69, 9.17) is 0 Å². The van der Waals surface area contributed by atoms with E-state index in [1.807, 2.05) is 0 Å². The van der Waals surface area contributed by atoms with Crippen LogP contribution in [-0.4, -0.2) is 9.97 Å². The van der Waals surface area contributed by atoms with Crippen molar-refractivity contribution in [1.82, 2.24) is 9.97 Å². The first-order valence-corrected chi connectivity index (χ1v) is 4.81. The molecule has 16 heavy (non-hydrogen) atoms. The normalized spacial score (nSPS) is 10.8. The van der Waals surface area contributed by atoms with Crippen molar-refractivity contribution in [3.05, 3.63) is 68.5 Å². The molecule has 0 aliphatic carbocycles. The van der Waals surface area contributed by atoms with Crippen molar-refractivity contribution >= 4 is 12.2 Å². The fourth-order valence-corrected chi connectivity index (χ4v) is 1.31. The van der Waals surface area contributed by atoms with E-state index < -0.39 is 0 Å². The van der Waals surface area contributed by atoms with Gasteiger partial charge in [-0.15, -0.1) is 0 Å². The minimum atomic E-state index is -0.163. The van der Waals surface area contributed by atoms with Gasteiger partial charge < -0.3 is 9.97 Å². The van der Waals surface area contributed by atoms with Crippen LogP contribution in [0, 0.1) is 0 Å². The molecule has 2 aromatic rings. The third kappa shape index (κ3) is 2.36. The standard InChI is InChI=1S/C12H10N2O2/c15-11-5-1-4-10(14-11)7-6-9-3-2-8-13-12(9)16/h1-8H,(H,13,16)(H,14,15)/b7-6+. The van der Waals surface area contributed by atoms with Crippen LogP contribution in [0.4, 0.5) is 0 Å². The summed E-state index contributed by atoms with van der Waals surface area (Å²) in [5.41, 5.74) is 0.893. The Bertz CT molecular complexity index is 623. The Morgan fingerprint density at radius 3 is 2.62 bits per heavy atom. The zero-order chi connectivity index (χ0) is 11.4. The lowest BCUT2D eigenvalue weighted by Gasteiger charge is -1.92. The van der Waals surface area contributed by atoms with Gasteiger partial charge in [-0.1, -0.05) is 6.07 Å². The Kier molecular flexibility index (Phi) is 2.82. The number of aromatic amines is 2. The highest BCUT2D eigenvalue weighted by Crippen LogP contribution is 1.99. The van der Waals surface area contributed by atoms with E-state index in [-0.39, 0.29) is 11.1 Å². The van der Waals surface area contributed by atoms with Gasteiger partial charge >= 0.3 is 0 Å². The van der Waals surface area contributed by atoms with Crippen molar-refractivity contribution in [2.45, 2.75) is 0 Å². The molecule has 0 amide bonds. The van der Waals surface area contributed by atoms with Crippen LogP contribution in [0.15, 0.2) is 46.1 Å². The van der Waals surface area contributed by atoms with Crippen LogP contribution in [-0.2, 0) is 0 Å².